The Morgan fingerprint density at radius 2 is 1.64 bits per heavy atom. The van der Waals surface area contributed by atoms with E-state index in [1.54, 1.807) is 0 Å². The van der Waals surface area contributed by atoms with Gasteiger partial charge >= 0.3 is 11.9 Å². The normalized spacial score (nSPS) is 22.8. The van der Waals surface area contributed by atoms with Crippen molar-refractivity contribution in [1.82, 2.24) is 0 Å². The van der Waals surface area contributed by atoms with Crippen molar-refractivity contribution in [2.24, 2.45) is 0 Å². The van der Waals surface area contributed by atoms with Crippen molar-refractivity contribution in [2.75, 3.05) is 6.61 Å². The second-order valence-corrected chi connectivity index (χ2v) is 8.65. The summed E-state index contributed by atoms with van der Waals surface area (Å²) in [5.41, 5.74) is -1.29. The summed E-state index contributed by atoms with van der Waals surface area (Å²) in [5.74, 6) is -4.83. The fourth-order valence-corrected chi connectivity index (χ4v) is 4.01. The molecule has 14 nitrogen and oxygen atoms in total. The number of carbonyl (C=O) groups excluding carboxylic acids is 2. The number of phenolic OH excluding ortho intramolecular Hbond substituents is 4. The predicted molar refractivity (Wildman–Crippen MR) is 128 cm³/mol. The van der Waals surface area contributed by atoms with E-state index in [0.29, 0.717) is 0 Å². The van der Waals surface area contributed by atoms with Crippen molar-refractivity contribution in [3.63, 3.8) is 0 Å². The van der Waals surface area contributed by atoms with Gasteiger partial charge < -0.3 is 54.0 Å². The minimum atomic E-state index is -1.89. The van der Waals surface area contributed by atoms with Crippen LogP contribution in [0.15, 0.2) is 39.5 Å². The summed E-state index contributed by atoms with van der Waals surface area (Å²) in [6, 6.07) is 5.29. The van der Waals surface area contributed by atoms with Gasteiger partial charge in [-0.25, -0.2) is 0 Å². The summed E-state index contributed by atoms with van der Waals surface area (Å²) in [7, 11) is 0. The SMILES string of the molecule is CC(=O)OCC1OC(Oc2c(-c3ccc(O)c(O)c3)oc3cc(O)cc(O)c3c2=O)C(O)C(OC(C)=O)C1O. The molecule has 1 aliphatic heterocycles. The lowest BCUT2D eigenvalue weighted by atomic mass is 9.99. The molecule has 0 amide bonds. The molecule has 4 rings (SSSR count). The van der Waals surface area contributed by atoms with Crippen LogP contribution < -0.4 is 10.2 Å². The molecular formula is C25H24O14. The van der Waals surface area contributed by atoms with Crippen LogP contribution in [0.3, 0.4) is 0 Å². The second-order valence-electron chi connectivity index (χ2n) is 8.65. The number of rotatable bonds is 6. The van der Waals surface area contributed by atoms with E-state index in [1.807, 2.05) is 0 Å². The Balaban J connectivity index is 1.85. The maximum Gasteiger partial charge on any atom is 0.303 e. The molecule has 6 N–H and O–H groups in total. The number of ether oxygens (including phenoxy) is 4. The molecule has 0 radical (unpaired) electrons. The molecule has 14 heteroatoms. The van der Waals surface area contributed by atoms with Crippen molar-refractivity contribution in [2.45, 2.75) is 44.6 Å². The van der Waals surface area contributed by atoms with Gasteiger partial charge in [0.15, 0.2) is 29.5 Å². The van der Waals surface area contributed by atoms with E-state index >= 15 is 0 Å². The third-order valence-corrected chi connectivity index (χ3v) is 5.78. The Morgan fingerprint density at radius 1 is 0.923 bits per heavy atom. The first kappa shape index (κ1) is 27.5. The van der Waals surface area contributed by atoms with E-state index in [0.717, 1.165) is 38.1 Å². The predicted octanol–water partition coefficient (Wildman–Crippen LogP) is 0.603. The summed E-state index contributed by atoms with van der Waals surface area (Å²) in [6.45, 7) is 1.59. The van der Waals surface area contributed by atoms with Gasteiger partial charge in [-0.15, -0.1) is 0 Å². The number of benzene rings is 2. The molecule has 0 aliphatic carbocycles. The molecule has 5 unspecified atom stereocenters. The summed E-state index contributed by atoms with van der Waals surface area (Å²) in [5, 5.41) is 60.9. The van der Waals surface area contributed by atoms with E-state index in [2.05, 4.69) is 0 Å². The molecule has 5 atom stereocenters. The van der Waals surface area contributed by atoms with E-state index in [9.17, 15) is 45.0 Å². The van der Waals surface area contributed by atoms with Gasteiger partial charge in [0.1, 0.15) is 41.3 Å². The molecule has 0 bridgehead atoms. The summed E-state index contributed by atoms with van der Waals surface area (Å²) >= 11 is 0. The Bertz CT molecular complexity index is 1480. The zero-order valence-electron chi connectivity index (χ0n) is 20.4. The van der Waals surface area contributed by atoms with Crippen molar-refractivity contribution >= 4 is 22.9 Å². The van der Waals surface area contributed by atoms with Crippen LogP contribution in [0.2, 0.25) is 0 Å². The Hall–Kier alpha value is -4.53. The molecule has 1 aromatic heterocycles. The van der Waals surface area contributed by atoms with E-state index in [-0.39, 0.29) is 16.9 Å². The first-order valence-corrected chi connectivity index (χ1v) is 11.4. The Kier molecular flexibility index (Phi) is 7.53. The van der Waals surface area contributed by atoms with Gasteiger partial charge in [0.05, 0.1) is 0 Å². The molecule has 208 valence electrons. The number of aliphatic hydroxyl groups excluding tert-OH is 2. The number of aromatic hydroxyl groups is 4. The van der Waals surface area contributed by atoms with Gasteiger partial charge in [-0.2, -0.15) is 0 Å². The Labute approximate surface area is 218 Å². The zero-order chi connectivity index (χ0) is 28.6. The molecule has 1 aliphatic rings. The standard InChI is InChI=1S/C25H24O14/c1-9(26)35-8-17-19(32)23(36-10(2)27)21(34)25(38-17)39-24-20(33)18-15(31)6-12(28)7-16(18)37-22(24)11-3-4-13(29)14(30)5-11/h3-7,17,19,21,23,25,28-32,34H,8H2,1-2H3. The van der Waals surface area contributed by atoms with Gasteiger partial charge in [-0.1, -0.05) is 0 Å². The first-order chi connectivity index (χ1) is 18.4. The van der Waals surface area contributed by atoms with Crippen molar-refractivity contribution < 1.29 is 63.6 Å². The van der Waals surface area contributed by atoms with Crippen LogP contribution in [0.1, 0.15) is 13.8 Å². The van der Waals surface area contributed by atoms with E-state index in [1.165, 1.54) is 6.07 Å². The van der Waals surface area contributed by atoms with Gasteiger partial charge in [-0.05, 0) is 18.2 Å². The number of fused-ring (bicyclic) bond motifs is 1. The first-order valence-electron chi connectivity index (χ1n) is 11.4. The van der Waals surface area contributed by atoms with Crippen molar-refractivity contribution in [1.29, 1.82) is 0 Å². The molecular weight excluding hydrogens is 524 g/mol. The topological polar surface area (TPSA) is 223 Å². The number of hydrogen-bond acceptors (Lipinski definition) is 14. The highest BCUT2D eigenvalue weighted by atomic mass is 16.7. The quantitative estimate of drug-likeness (QED) is 0.183. The fraction of sp³-hybridized carbons (Fsp3) is 0.320. The number of phenols is 4. The average Bonchev–Trinajstić information content (AvgIpc) is 2.85. The van der Waals surface area contributed by atoms with Crippen LogP contribution in [0.5, 0.6) is 28.7 Å². The lowest BCUT2D eigenvalue weighted by Gasteiger charge is -2.41. The molecule has 2 heterocycles. The van der Waals surface area contributed by atoms with Gasteiger partial charge in [-0.3, -0.25) is 14.4 Å². The van der Waals surface area contributed by atoms with Crippen LogP contribution in [0.25, 0.3) is 22.3 Å². The van der Waals surface area contributed by atoms with Crippen LogP contribution in [-0.2, 0) is 23.8 Å². The summed E-state index contributed by atoms with van der Waals surface area (Å²) < 4.78 is 26.9. The largest absolute Gasteiger partial charge is 0.508 e. The van der Waals surface area contributed by atoms with Gasteiger partial charge in [0.2, 0.25) is 17.5 Å². The molecule has 1 saturated heterocycles. The molecule has 0 saturated carbocycles. The van der Waals surface area contributed by atoms with Crippen LogP contribution in [0.4, 0.5) is 0 Å². The van der Waals surface area contributed by atoms with Crippen LogP contribution >= 0.6 is 0 Å². The smallest absolute Gasteiger partial charge is 0.303 e. The van der Waals surface area contributed by atoms with E-state index in [4.69, 9.17) is 23.4 Å². The van der Waals surface area contributed by atoms with Gasteiger partial charge in [0.25, 0.3) is 0 Å². The Morgan fingerprint density at radius 3 is 2.28 bits per heavy atom. The number of carbonyl (C=O) groups is 2. The number of hydrogen-bond donors (Lipinski definition) is 6. The summed E-state index contributed by atoms with van der Waals surface area (Å²) in [6.07, 6.45) is -8.41. The minimum absolute atomic E-state index is 0.0135. The third kappa shape index (κ3) is 5.52. The maximum atomic E-state index is 13.5. The second kappa shape index (κ2) is 10.7. The highest BCUT2D eigenvalue weighted by molar-refractivity contribution is 5.88. The number of aliphatic hydroxyl groups is 2. The lowest BCUT2D eigenvalue weighted by molar-refractivity contribution is -0.282. The molecule has 1 fully saturated rings. The summed E-state index contributed by atoms with van der Waals surface area (Å²) in [4.78, 5) is 36.5. The van der Waals surface area contributed by atoms with Crippen molar-refractivity contribution in [3.8, 4) is 40.1 Å². The van der Waals surface area contributed by atoms with Crippen LogP contribution in [-0.4, -0.2) is 79.9 Å². The maximum absolute atomic E-state index is 13.5. The fourth-order valence-electron chi connectivity index (χ4n) is 4.01. The minimum Gasteiger partial charge on any atom is -0.508 e. The van der Waals surface area contributed by atoms with Crippen molar-refractivity contribution in [3.05, 3.63) is 40.6 Å². The lowest BCUT2D eigenvalue weighted by Crippen LogP contribution is -2.61. The van der Waals surface area contributed by atoms with E-state index < -0.39 is 88.8 Å². The highest BCUT2D eigenvalue weighted by Gasteiger charge is 2.48. The average molecular weight is 548 g/mol. The van der Waals surface area contributed by atoms with Crippen LogP contribution in [0, 0.1) is 0 Å². The molecule has 2 aromatic carbocycles. The molecule has 3 aromatic rings. The number of esters is 2. The third-order valence-electron chi connectivity index (χ3n) is 5.78. The molecule has 0 spiro atoms. The molecule has 39 heavy (non-hydrogen) atoms. The zero-order valence-corrected chi connectivity index (χ0v) is 20.4. The highest BCUT2D eigenvalue weighted by Crippen LogP contribution is 2.39. The van der Waals surface area contributed by atoms with Gasteiger partial charge in [0, 0.05) is 31.5 Å². The monoisotopic (exact) mass is 548 g/mol.